The number of aromatic amines is 1. The molecule has 1 N–H and O–H groups in total. The summed E-state index contributed by atoms with van der Waals surface area (Å²) in [6.07, 6.45) is 2.03. The Hall–Kier alpha value is -2.34. The van der Waals surface area contributed by atoms with Crippen molar-refractivity contribution in [2.24, 2.45) is 0 Å². The molecule has 0 radical (unpaired) electrons. The second kappa shape index (κ2) is 7.09. The minimum absolute atomic E-state index is 0.0684. The van der Waals surface area contributed by atoms with Crippen molar-refractivity contribution in [1.29, 1.82) is 0 Å². The van der Waals surface area contributed by atoms with Gasteiger partial charge in [0.05, 0.1) is 38.0 Å². The number of hydrogen-bond acceptors (Lipinski definition) is 4. The summed E-state index contributed by atoms with van der Waals surface area (Å²) in [5.74, 6) is 0.848. The van der Waals surface area contributed by atoms with Crippen molar-refractivity contribution in [2.45, 2.75) is 12.5 Å². The van der Waals surface area contributed by atoms with Gasteiger partial charge in [0.1, 0.15) is 5.75 Å². The Morgan fingerprint density at radius 3 is 3.00 bits per heavy atom. The van der Waals surface area contributed by atoms with Gasteiger partial charge in [-0.15, -0.1) is 0 Å². The molecule has 1 aliphatic rings. The Kier molecular flexibility index (Phi) is 4.70. The van der Waals surface area contributed by atoms with Crippen LogP contribution in [0.2, 0.25) is 0 Å². The number of aromatic nitrogens is 2. The number of carbonyl (C=O) groups is 1. The van der Waals surface area contributed by atoms with Crippen LogP contribution in [0.5, 0.6) is 5.75 Å². The average molecular weight is 301 g/mol. The van der Waals surface area contributed by atoms with Gasteiger partial charge in [0.2, 0.25) is 5.91 Å². The monoisotopic (exact) mass is 301 g/mol. The number of hydrogen-bond donors (Lipinski definition) is 1. The Morgan fingerprint density at radius 1 is 1.36 bits per heavy atom. The van der Waals surface area contributed by atoms with E-state index < -0.39 is 0 Å². The highest BCUT2D eigenvalue weighted by molar-refractivity contribution is 5.77. The Morgan fingerprint density at radius 2 is 2.23 bits per heavy atom. The van der Waals surface area contributed by atoms with Gasteiger partial charge in [-0.2, -0.15) is 5.10 Å². The fraction of sp³-hybridized carbons (Fsp3) is 0.375. The third-order valence-electron chi connectivity index (χ3n) is 3.66. The van der Waals surface area contributed by atoms with Crippen LogP contribution in [0.15, 0.2) is 42.6 Å². The number of nitrogens with one attached hydrogen (secondary N) is 1. The predicted octanol–water partition coefficient (Wildman–Crippen LogP) is 1.78. The zero-order valence-electron chi connectivity index (χ0n) is 12.3. The van der Waals surface area contributed by atoms with E-state index in [1.165, 1.54) is 0 Å². The van der Waals surface area contributed by atoms with Crippen LogP contribution >= 0.6 is 0 Å². The van der Waals surface area contributed by atoms with Gasteiger partial charge in [0.15, 0.2) is 0 Å². The molecule has 1 aromatic heterocycles. The first-order valence-corrected chi connectivity index (χ1v) is 7.39. The fourth-order valence-electron chi connectivity index (χ4n) is 2.53. The molecule has 0 unspecified atom stereocenters. The molecule has 0 aliphatic carbocycles. The highest BCUT2D eigenvalue weighted by Gasteiger charge is 2.29. The van der Waals surface area contributed by atoms with E-state index in [-0.39, 0.29) is 11.9 Å². The average Bonchev–Trinajstić information content (AvgIpc) is 3.10. The smallest absolute Gasteiger partial charge is 0.226 e. The Labute approximate surface area is 129 Å². The first-order chi connectivity index (χ1) is 10.8. The van der Waals surface area contributed by atoms with E-state index in [0.717, 1.165) is 11.4 Å². The number of benzene rings is 1. The molecule has 6 heteroatoms. The van der Waals surface area contributed by atoms with Gasteiger partial charge in [-0.05, 0) is 18.2 Å². The zero-order valence-corrected chi connectivity index (χ0v) is 12.3. The fourth-order valence-corrected chi connectivity index (χ4v) is 2.53. The molecular formula is C16H19N3O3. The van der Waals surface area contributed by atoms with Gasteiger partial charge in [0.25, 0.3) is 0 Å². The molecule has 1 aromatic carbocycles. The lowest BCUT2D eigenvalue weighted by molar-refractivity contribution is -0.140. The molecule has 3 rings (SSSR count). The molecule has 1 aliphatic heterocycles. The molecule has 2 aromatic rings. The van der Waals surface area contributed by atoms with Gasteiger partial charge < -0.3 is 14.4 Å². The quantitative estimate of drug-likeness (QED) is 0.914. The summed E-state index contributed by atoms with van der Waals surface area (Å²) >= 11 is 0. The van der Waals surface area contributed by atoms with E-state index in [4.69, 9.17) is 9.47 Å². The SMILES string of the molecule is O=C(CCOc1ccccc1)N1CCOC[C@@H]1c1ccn[nH]1. The lowest BCUT2D eigenvalue weighted by atomic mass is 10.1. The highest BCUT2D eigenvalue weighted by atomic mass is 16.5. The van der Waals surface area contributed by atoms with Gasteiger partial charge in [-0.3, -0.25) is 9.89 Å². The summed E-state index contributed by atoms with van der Waals surface area (Å²) in [6.45, 7) is 2.02. The van der Waals surface area contributed by atoms with Crippen molar-refractivity contribution in [3.8, 4) is 5.75 Å². The molecular weight excluding hydrogens is 282 g/mol. The van der Waals surface area contributed by atoms with Gasteiger partial charge >= 0.3 is 0 Å². The summed E-state index contributed by atoms with van der Waals surface area (Å²) in [6, 6.07) is 11.3. The molecule has 2 heterocycles. The van der Waals surface area contributed by atoms with Gasteiger partial charge in [-0.1, -0.05) is 18.2 Å². The van der Waals surface area contributed by atoms with Crippen molar-refractivity contribution in [1.82, 2.24) is 15.1 Å². The van der Waals surface area contributed by atoms with Crippen molar-refractivity contribution in [3.63, 3.8) is 0 Å². The number of para-hydroxylation sites is 1. The number of rotatable bonds is 5. The first-order valence-electron chi connectivity index (χ1n) is 7.39. The molecule has 0 bridgehead atoms. The van der Waals surface area contributed by atoms with E-state index in [1.807, 2.05) is 41.3 Å². The lowest BCUT2D eigenvalue weighted by Gasteiger charge is -2.35. The third-order valence-corrected chi connectivity index (χ3v) is 3.66. The maximum atomic E-state index is 12.4. The molecule has 1 amide bonds. The molecule has 1 atom stereocenters. The Balaban J connectivity index is 1.56. The van der Waals surface area contributed by atoms with Crippen LogP contribution < -0.4 is 4.74 Å². The van der Waals surface area contributed by atoms with Crippen molar-refractivity contribution < 1.29 is 14.3 Å². The van der Waals surface area contributed by atoms with Crippen LogP contribution in [0.4, 0.5) is 0 Å². The molecule has 6 nitrogen and oxygen atoms in total. The normalized spacial score (nSPS) is 18.2. The second-order valence-electron chi connectivity index (χ2n) is 5.10. The zero-order chi connectivity index (χ0) is 15.2. The maximum absolute atomic E-state index is 12.4. The largest absolute Gasteiger partial charge is 0.493 e. The number of nitrogens with zero attached hydrogens (tertiary/aromatic N) is 2. The number of ether oxygens (including phenoxy) is 2. The lowest BCUT2D eigenvalue weighted by Crippen LogP contribution is -2.44. The summed E-state index contributed by atoms with van der Waals surface area (Å²) in [5, 5.41) is 6.87. The first kappa shape index (κ1) is 14.6. The van der Waals surface area contributed by atoms with E-state index >= 15 is 0 Å². The van der Waals surface area contributed by atoms with Crippen LogP contribution in [0.1, 0.15) is 18.2 Å². The summed E-state index contributed by atoms with van der Waals surface area (Å²) in [4.78, 5) is 14.3. The van der Waals surface area contributed by atoms with Crippen LogP contribution in [0.25, 0.3) is 0 Å². The third kappa shape index (κ3) is 3.46. The maximum Gasteiger partial charge on any atom is 0.226 e. The van der Waals surface area contributed by atoms with Crippen molar-refractivity contribution in [2.75, 3.05) is 26.4 Å². The number of carbonyl (C=O) groups excluding carboxylic acids is 1. The molecule has 1 saturated heterocycles. The minimum atomic E-state index is -0.0968. The van der Waals surface area contributed by atoms with Crippen LogP contribution in [0.3, 0.4) is 0 Å². The van der Waals surface area contributed by atoms with E-state index in [0.29, 0.717) is 32.8 Å². The van der Waals surface area contributed by atoms with Gasteiger partial charge in [0, 0.05) is 12.7 Å². The van der Waals surface area contributed by atoms with Crippen LogP contribution in [-0.2, 0) is 9.53 Å². The predicted molar refractivity (Wildman–Crippen MR) is 80.4 cm³/mol. The second-order valence-corrected chi connectivity index (χ2v) is 5.10. The number of H-pyrrole nitrogens is 1. The van der Waals surface area contributed by atoms with Crippen LogP contribution in [0, 0.1) is 0 Å². The summed E-state index contributed by atoms with van der Waals surface area (Å²) < 4.78 is 11.1. The number of amides is 1. The van der Waals surface area contributed by atoms with E-state index in [9.17, 15) is 4.79 Å². The van der Waals surface area contributed by atoms with Crippen molar-refractivity contribution in [3.05, 3.63) is 48.3 Å². The molecule has 1 fully saturated rings. The van der Waals surface area contributed by atoms with Crippen molar-refractivity contribution >= 4 is 5.91 Å². The van der Waals surface area contributed by atoms with E-state index in [2.05, 4.69) is 10.2 Å². The summed E-state index contributed by atoms with van der Waals surface area (Å²) in [5.41, 5.74) is 0.900. The van der Waals surface area contributed by atoms with Gasteiger partial charge in [-0.25, -0.2) is 0 Å². The minimum Gasteiger partial charge on any atom is -0.493 e. The summed E-state index contributed by atoms with van der Waals surface area (Å²) in [7, 11) is 0. The molecule has 0 spiro atoms. The standard InChI is InChI=1S/C16H19N3O3/c20-16(7-10-22-13-4-2-1-3-5-13)19-9-11-21-12-15(19)14-6-8-17-18-14/h1-6,8,15H,7,9-12H2,(H,17,18)/t15-/m1/s1. The number of morpholine rings is 1. The highest BCUT2D eigenvalue weighted by Crippen LogP contribution is 2.23. The molecule has 22 heavy (non-hydrogen) atoms. The Bertz CT molecular complexity index is 586. The van der Waals surface area contributed by atoms with Crippen LogP contribution in [-0.4, -0.2) is 47.4 Å². The topological polar surface area (TPSA) is 67.4 Å². The van der Waals surface area contributed by atoms with E-state index in [1.54, 1.807) is 6.20 Å². The molecule has 0 saturated carbocycles. The molecule has 116 valence electrons.